The number of piperidine rings is 1. The van der Waals surface area contributed by atoms with Gasteiger partial charge in [0.2, 0.25) is 5.91 Å². The molecule has 5 unspecified atom stereocenters. The van der Waals surface area contributed by atoms with Gasteiger partial charge in [-0.2, -0.15) is 5.06 Å². The fourth-order valence-electron chi connectivity index (χ4n) is 4.59. The van der Waals surface area contributed by atoms with Crippen molar-refractivity contribution in [3.05, 3.63) is 35.9 Å². The average Bonchev–Trinajstić information content (AvgIpc) is 2.74. The van der Waals surface area contributed by atoms with E-state index < -0.39 is 5.97 Å². The Balaban J connectivity index is 2.26. The van der Waals surface area contributed by atoms with Crippen LogP contribution in [0.4, 0.5) is 0 Å². The zero-order valence-electron chi connectivity index (χ0n) is 19.3. The summed E-state index contributed by atoms with van der Waals surface area (Å²) in [4.78, 5) is 29.8. The Morgan fingerprint density at radius 2 is 1.83 bits per heavy atom. The molecule has 1 saturated heterocycles. The van der Waals surface area contributed by atoms with E-state index in [9.17, 15) is 9.59 Å². The third-order valence-electron chi connectivity index (χ3n) is 7.12. The van der Waals surface area contributed by atoms with Gasteiger partial charge in [0, 0.05) is 23.5 Å². The Morgan fingerprint density at radius 1 is 1.20 bits per heavy atom. The normalized spacial score (nSPS) is 30.6. The molecular weight excluding hydrogens is 380 g/mol. The number of amides is 1. The lowest BCUT2D eigenvalue weighted by Crippen LogP contribution is -2.70. The van der Waals surface area contributed by atoms with E-state index >= 15 is 0 Å². The van der Waals surface area contributed by atoms with Crippen LogP contribution in [-0.4, -0.2) is 39.2 Å². The molecule has 2 N–H and O–H groups in total. The maximum Gasteiger partial charge on any atom is 0.303 e. The third-order valence-corrected chi connectivity index (χ3v) is 7.12. The predicted octanol–water partition coefficient (Wildman–Crippen LogP) is 4.71. The van der Waals surface area contributed by atoms with Gasteiger partial charge in [0.1, 0.15) is 6.10 Å². The minimum absolute atomic E-state index is 0.00941. The molecule has 1 aliphatic rings. The number of rotatable bonds is 9. The highest BCUT2D eigenvalue weighted by molar-refractivity contribution is 5.80. The monoisotopic (exact) mass is 418 g/mol. The summed E-state index contributed by atoms with van der Waals surface area (Å²) in [6.07, 6.45) is 2.27. The number of hydrogen-bond acceptors (Lipinski definition) is 4. The summed E-state index contributed by atoms with van der Waals surface area (Å²) in [5.41, 5.74) is 0.591. The number of hydrogen-bond donors (Lipinski definition) is 2. The molecule has 168 valence electrons. The third kappa shape index (κ3) is 5.22. The number of carbonyl (C=O) groups excluding carboxylic acids is 1. The summed E-state index contributed by atoms with van der Waals surface area (Å²) in [5, 5.41) is 14.2. The Labute approximate surface area is 180 Å². The van der Waals surface area contributed by atoms with Crippen LogP contribution in [0.2, 0.25) is 0 Å². The van der Waals surface area contributed by atoms with Crippen molar-refractivity contribution in [3.8, 4) is 0 Å². The quantitative estimate of drug-likeness (QED) is 0.607. The van der Waals surface area contributed by atoms with Crippen LogP contribution in [0.5, 0.6) is 0 Å². The molecule has 1 heterocycles. The van der Waals surface area contributed by atoms with E-state index in [1.165, 1.54) is 0 Å². The van der Waals surface area contributed by atoms with E-state index in [2.05, 4.69) is 64.1 Å². The lowest BCUT2D eigenvalue weighted by atomic mass is 9.68. The molecule has 0 aliphatic carbocycles. The van der Waals surface area contributed by atoms with Crippen LogP contribution in [-0.2, 0) is 14.4 Å². The van der Waals surface area contributed by atoms with Gasteiger partial charge < -0.3 is 10.4 Å². The fraction of sp³-hybridized carbons (Fsp3) is 0.667. The van der Waals surface area contributed by atoms with Gasteiger partial charge >= 0.3 is 5.97 Å². The van der Waals surface area contributed by atoms with Crippen molar-refractivity contribution in [2.75, 3.05) is 0 Å². The fourth-order valence-corrected chi connectivity index (χ4v) is 4.59. The van der Waals surface area contributed by atoms with Gasteiger partial charge in [-0.15, -0.1) is 0 Å². The zero-order chi connectivity index (χ0) is 22.5. The maximum atomic E-state index is 12.4. The summed E-state index contributed by atoms with van der Waals surface area (Å²) in [6.45, 7) is 12.9. The molecule has 0 bridgehead atoms. The second kappa shape index (κ2) is 9.92. The molecule has 0 aromatic heterocycles. The molecule has 2 rings (SSSR count). The minimum Gasteiger partial charge on any atom is -0.481 e. The second-order valence-electron chi connectivity index (χ2n) is 9.07. The van der Waals surface area contributed by atoms with Crippen molar-refractivity contribution in [2.24, 2.45) is 5.92 Å². The Morgan fingerprint density at radius 3 is 2.37 bits per heavy atom. The summed E-state index contributed by atoms with van der Waals surface area (Å²) < 4.78 is 0. The number of nitrogens with one attached hydrogen (secondary N) is 1. The largest absolute Gasteiger partial charge is 0.481 e. The molecular formula is C24H38N2O4. The number of carboxylic acids is 1. The smallest absolute Gasteiger partial charge is 0.303 e. The topological polar surface area (TPSA) is 78.9 Å². The van der Waals surface area contributed by atoms with Crippen molar-refractivity contribution in [3.63, 3.8) is 0 Å². The molecule has 6 heteroatoms. The Kier molecular flexibility index (Phi) is 8.06. The van der Waals surface area contributed by atoms with Gasteiger partial charge in [-0.3, -0.25) is 14.4 Å². The van der Waals surface area contributed by atoms with E-state index in [1.807, 2.05) is 18.2 Å². The first-order valence-electron chi connectivity index (χ1n) is 11.1. The first-order chi connectivity index (χ1) is 14.1. The Hall–Kier alpha value is -1.92. The summed E-state index contributed by atoms with van der Waals surface area (Å²) in [6, 6.07) is 10.2. The van der Waals surface area contributed by atoms with Crippen LogP contribution in [0.15, 0.2) is 30.3 Å². The standard InChI is InChI=1S/C24H38N2O4/c1-7-23(5)16-20(25-21(27)14-15-22(28)29)17(3)24(6,8-2)26(23)30-18(4)19-12-10-9-11-13-19/h9-13,17-18,20H,7-8,14-16H2,1-6H3,(H,25,27)(H,28,29). The summed E-state index contributed by atoms with van der Waals surface area (Å²) in [5.74, 6) is -1.01. The number of benzene rings is 1. The van der Waals surface area contributed by atoms with Gasteiger partial charge in [-0.25, -0.2) is 0 Å². The number of nitrogens with zero attached hydrogens (tertiary/aromatic N) is 1. The highest BCUT2D eigenvalue weighted by Crippen LogP contribution is 2.47. The first-order valence-corrected chi connectivity index (χ1v) is 11.1. The van der Waals surface area contributed by atoms with Crippen LogP contribution >= 0.6 is 0 Å². The van der Waals surface area contributed by atoms with Crippen LogP contribution in [0.25, 0.3) is 0 Å². The van der Waals surface area contributed by atoms with Crippen molar-refractivity contribution >= 4 is 11.9 Å². The number of carbonyl (C=O) groups is 2. The van der Waals surface area contributed by atoms with Crippen LogP contribution < -0.4 is 5.32 Å². The molecule has 5 atom stereocenters. The van der Waals surface area contributed by atoms with Gasteiger partial charge in [0.25, 0.3) is 0 Å². The van der Waals surface area contributed by atoms with Gasteiger partial charge in [-0.1, -0.05) is 51.1 Å². The second-order valence-corrected chi connectivity index (χ2v) is 9.07. The maximum absolute atomic E-state index is 12.4. The molecule has 0 radical (unpaired) electrons. The first kappa shape index (κ1) is 24.4. The molecule has 6 nitrogen and oxygen atoms in total. The van der Waals surface area contributed by atoms with Crippen LogP contribution in [0.3, 0.4) is 0 Å². The zero-order valence-corrected chi connectivity index (χ0v) is 19.3. The molecule has 1 aromatic carbocycles. The molecule has 1 amide bonds. The van der Waals surface area contributed by atoms with E-state index in [0.29, 0.717) is 0 Å². The summed E-state index contributed by atoms with van der Waals surface area (Å²) >= 11 is 0. The van der Waals surface area contributed by atoms with E-state index in [1.54, 1.807) is 0 Å². The molecule has 0 spiro atoms. The predicted molar refractivity (Wildman–Crippen MR) is 118 cm³/mol. The van der Waals surface area contributed by atoms with Crippen LogP contribution in [0.1, 0.15) is 85.3 Å². The minimum atomic E-state index is -0.951. The number of hydroxylamine groups is 2. The molecule has 1 aromatic rings. The highest BCUT2D eigenvalue weighted by Gasteiger charge is 2.54. The van der Waals surface area contributed by atoms with E-state index in [-0.39, 0.29) is 47.9 Å². The lowest BCUT2D eigenvalue weighted by Gasteiger charge is -2.60. The average molecular weight is 419 g/mol. The van der Waals surface area contributed by atoms with E-state index in [0.717, 1.165) is 24.8 Å². The van der Waals surface area contributed by atoms with Gasteiger partial charge in [0.15, 0.2) is 0 Å². The van der Waals surface area contributed by atoms with Crippen molar-refractivity contribution in [1.29, 1.82) is 0 Å². The lowest BCUT2D eigenvalue weighted by molar-refractivity contribution is -0.327. The van der Waals surface area contributed by atoms with Gasteiger partial charge in [-0.05, 0) is 51.5 Å². The number of aliphatic carboxylic acids is 1. The molecule has 30 heavy (non-hydrogen) atoms. The summed E-state index contributed by atoms with van der Waals surface area (Å²) in [7, 11) is 0. The van der Waals surface area contributed by atoms with Crippen molar-refractivity contribution in [1.82, 2.24) is 10.4 Å². The van der Waals surface area contributed by atoms with Crippen LogP contribution in [0, 0.1) is 5.92 Å². The van der Waals surface area contributed by atoms with E-state index in [4.69, 9.17) is 9.94 Å². The molecule has 1 fully saturated rings. The molecule has 1 aliphatic heterocycles. The molecule has 0 saturated carbocycles. The number of carboxylic acid groups (broad SMARTS) is 1. The van der Waals surface area contributed by atoms with Gasteiger partial charge in [0.05, 0.1) is 6.42 Å². The Bertz CT molecular complexity index is 725. The van der Waals surface area contributed by atoms with Crippen molar-refractivity contribution in [2.45, 2.75) is 96.9 Å². The highest BCUT2D eigenvalue weighted by atomic mass is 16.7. The SMILES string of the molecule is CCC1(C)CC(NC(=O)CCC(=O)O)C(C)C(C)(CC)N1OC(C)c1ccccc1. The van der Waals surface area contributed by atoms with Crippen molar-refractivity contribution < 1.29 is 19.5 Å².